The third-order valence-electron chi connectivity index (χ3n) is 3.07. The molecule has 5 heteroatoms. The molecule has 88 valence electrons. The molecule has 17 heavy (non-hydrogen) atoms. The van der Waals surface area contributed by atoms with E-state index in [0.717, 1.165) is 31.3 Å². The molecule has 0 bridgehead atoms. The summed E-state index contributed by atoms with van der Waals surface area (Å²) in [6.07, 6.45) is 7.53. The summed E-state index contributed by atoms with van der Waals surface area (Å²) in [7, 11) is 0. The van der Waals surface area contributed by atoms with E-state index in [4.69, 9.17) is 0 Å². The molecule has 0 aliphatic carbocycles. The van der Waals surface area contributed by atoms with Crippen molar-refractivity contribution in [1.29, 1.82) is 0 Å². The molecule has 0 spiro atoms. The Hall–Kier alpha value is -1.91. The van der Waals surface area contributed by atoms with Gasteiger partial charge in [0, 0.05) is 44.1 Å². The van der Waals surface area contributed by atoms with Crippen molar-refractivity contribution in [2.75, 3.05) is 18.0 Å². The van der Waals surface area contributed by atoms with Gasteiger partial charge in [-0.1, -0.05) is 0 Å². The third-order valence-corrected chi connectivity index (χ3v) is 3.07. The molecule has 0 amide bonds. The lowest BCUT2D eigenvalue weighted by atomic mass is 10.0. The molecule has 2 aromatic rings. The van der Waals surface area contributed by atoms with Crippen molar-refractivity contribution in [1.82, 2.24) is 19.5 Å². The average molecular weight is 229 g/mol. The first-order valence-corrected chi connectivity index (χ1v) is 5.81. The lowest BCUT2D eigenvalue weighted by Crippen LogP contribution is -2.48. The van der Waals surface area contributed by atoms with Crippen molar-refractivity contribution < 1.29 is 0 Å². The summed E-state index contributed by atoms with van der Waals surface area (Å²) < 4.78 is 2.13. The summed E-state index contributed by atoms with van der Waals surface area (Å²) in [4.78, 5) is 14.9. The molecule has 1 fully saturated rings. The van der Waals surface area contributed by atoms with Crippen molar-refractivity contribution in [3.05, 3.63) is 36.8 Å². The molecule has 3 heterocycles. The van der Waals surface area contributed by atoms with Gasteiger partial charge in [-0.15, -0.1) is 0 Å². The molecule has 0 unspecified atom stereocenters. The topological polar surface area (TPSA) is 46.8 Å². The van der Waals surface area contributed by atoms with Gasteiger partial charge in [-0.05, 0) is 13.0 Å². The van der Waals surface area contributed by atoms with Crippen LogP contribution in [-0.4, -0.2) is 32.6 Å². The molecule has 0 atom stereocenters. The van der Waals surface area contributed by atoms with E-state index < -0.39 is 0 Å². The van der Waals surface area contributed by atoms with E-state index in [2.05, 4.69) is 24.4 Å². The number of rotatable bonds is 3. The fourth-order valence-electron chi connectivity index (χ4n) is 2.19. The standard InChI is InChI=1S/C12H15N5/c1-10-14-3-2-12(15-10)17-7-11(8-17)6-16-5-4-13-9-16/h2-5,9,11H,6-8H2,1H3. The highest BCUT2D eigenvalue weighted by atomic mass is 15.3. The Morgan fingerprint density at radius 3 is 2.94 bits per heavy atom. The molecule has 1 aliphatic heterocycles. The van der Waals surface area contributed by atoms with Crippen LogP contribution in [0.3, 0.4) is 0 Å². The minimum Gasteiger partial charge on any atom is -0.356 e. The highest BCUT2D eigenvalue weighted by Crippen LogP contribution is 2.23. The van der Waals surface area contributed by atoms with Crippen LogP contribution >= 0.6 is 0 Å². The second-order valence-corrected chi connectivity index (χ2v) is 4.49. The van der Waals surface area contributed by atoms with E-state index in [0.29, 0.717) is 5.92 Å². The van der Waals surface area contributed by atoms with E-state index in [9.17, 15) is 0 Å². The molecule has 1 saturated heterocycles. The van der Waals surface area contributed by atoms with Crippen molar-refractivity contribution in [2.24, 2.45) is 5.92 Å². The van der Waals surface area contributed by atoms with Gasteiger partial charge >= 0.3 is 0 Å². The van der Waals surface area contributed by atoms with E-state index in [1.54, 1.807) is 0 Å². The van der Waals surface area contributed by atoms with Gasteiger partial charge in [0.15, 0.2) is 0 Å². The molecule has 0 saturated carbocycles. The number of aromatic nitrogens is 4. The summed E-state index contributed by atoms with van der Waals surface area (Å²) in [6.45, 7) is 5.09. The number of aryl methyl sites for hydroxylation is 1. The summed E-state index contributed by atoms with van der Waals surface area (Å²) in [6, 6.07) is 1.97. The van der Waals surface area contributed by atoms with Crippen LogP contribution < -0.4 is 4.90 Å². The Morgan fingerprint density at radius 2 is 2.24 bits per heavy atom. The van der Waals surface area contributed by atoms with E-state index in [-0.39, 0.29) is 0 Å². The number of hydrogen-bond donors (Lipinski definition) is 0. The maximum atomic E-state index is 4.42. The first-order chi connectivity index (χ1) is 8.31. The normalized spacial score (nSPS) is 15.9. The number of nitrogens with zero attached hydrogens (tertiary/aromatic N) is 5. The van der Waals surface area contributed by atoms with Crippen LogP contribution in [0, 0.1) is 12.8 Å². The fourth-order valence-corrected chi connectivity index (χ4v) is 2.19. The van der Waals surface area contributed by atoms with Gasteiger partial charge in [-0.3, -0.25) is 0 Å². The van der Waals surface area contributed by atoms with Gasteiger partial charge in [0.1, 0.15) is 11.6 Å². The highest BCUT2D eigenvalue weighted by molar-refractivity contribution is 5.40. The number of anilines is 1. The third kappa shape index (κ3) is 2.13. The quantitative estimate of drug-likeness (QED) is 0.791. The minimum atomic E-state index is 0.694. The lowest BCUT2D eigenvalue weighted by Gasteiger charge is -2.40. The monoisotopic (exact) mass is 229 g/mol. The van der Waals surface area contributed by atoms with Crippen LogP contribution in [-0.2, 0) is 6.54 Å². The van der Waals surface area contributed by atoms with Gasteiger partial charge in [0.2, 0.25) is 0 Å². The van der Waals surface area contributed by atoms with Gasteiger partial charge in [-0.25, -0.2) is 15.0 Å². The largest absolute Gasteiger partial charge is 0.356 e. The molecule has 5 nitrogen and oxygen atoms in total. The average Bonchev–Trinajstić information content (AvgIpc) is 2.75. The number of hydrogen-bond acceptors (Lipinski definition) is 4. The maximum Gasteiger partial charge on any atom is 0.132 e. The van der Waals surface area contributed by atoms with Gasteiger partial charge in [0.05, 0.1) is 6.33 Å². The maximum absolute atomic E-state index is 4.42. The Labute approximate surface area is 100 Å². The predicted octanol–water partition coefficient (Wildman–Crippen LogP) is 1.12. The molecule has 0 N–H and O–H groups in total. The molecule has 0 radical (unpaired) electrons. The zero-order chi connectivity index (χ0) is 11.7. The summed E-state index contributed by atoms with van der Waals surface area (Å²) in [5.74, 6) is 2.57. The first kappa shape index (κ1) is 10.3. The van der Waals surface area contributed by atoms with E-state index >= 15 is 0 Å². The Kier molecular flexibility index (Phi) is 2.51. The molecule has 3 rings (SSSR count). The van der Waals surface area contributed by atoms with Crippen LogP contribution in [0.25, 0.3) is 0 Å². The summed E-state index contributed by atoms with van der Waals surface area (Å²) >= 11 is 0. The predicted molar refractivity (Wildman–Crippen MR) is 64.7 cm³/mol. The van der Waals surface area contributed by atoms with Crippen molar-refractivity contribution in [3.8, 4) is 0 Å². The molecule has 2 aromatic heterocycles. The van der Waals surface area contributed by atoms with E-state index in [1.807, 2.05) is 37.9 Å². The smallest absolute Gasteiger partial charge is 0.132 e. The van der Waals surface area contributed by atoms with Crippen molar-refractivity contribution in [3.63, 3.8) is 0 Å². The Balaban J connectivity index is 1.58. The zero-order valence-corrected chi connectivity index (χ0v) is 9.82. The Bertz CT molecular complexity index is 487. The van der Waals surface area contributed by atoms with Crippen LogP contribution in [0.15, 0.2) is 31.0 Å². The van der Waals surface area contributed by atoms with Crippen LogP contribution in [0.2, 0.25) is 0 Å². The highest BCUT2D eigenvalue weighted by Gasteiger charge is 2.27. The van der Waals surface area contributed by atoms with Crippen LogP contribution in [0.4, 0.5) is 5.82 Å². The summed E-state index contributed by atoms with van der Waals surface area (Å²) in [5, 5.41) is 0. The SMILES string of the molecule is Cc1nccc(N2CC(Cn3ccnc3)C2)n1. The fraction of sp³-hybridized carbons (Fsp3) is 0.417. The lowest BCUT2D eigenvalue weighted by molar-refractivity contribution is 0.355. The number of imidazole rings is 1. The second-order valence-electron chi connectivity index (χ2n) is 4.49. The van der Waals surface area contributed by atoms with Crippen molar-refractivity contribution >= 4 is 5.82 Å². The van der Waals surface area contributed by atoms with Crippen LogP contribution in [0.5, 0.6) is 0 Å². The second kappa shape index (κ2) is 4.16. The molecular formula is C12H15N5. The van der Waals surface area contributed by atoms with Gasteiger partial charge < -0.3 is 9.47 Å². The molecule has 0 aromatic carbocycles. The summed E-state index contributed by atoms with van der Waals surface area (Å²) in [5.41, 5.74) is 0. The van der Waals surface area contributed by atoms with Crippen LogP contribution in [0.1, 0.15) is 5.82 Å². The van der Waals surface area contributed by atoms with E-state index in [1.165, 1.54) is 0 Å². The van der Waals surface area contributed by atoms with Gasteiger partial charge in [-0.2, -0.15) is 0 Å². The zero-order valence-electron chi connectivity index (χ0n) is 9.82. The van der Waals surface area contributed by atoms with Gasteiger partial charge in [0.25, 0.3) is 0 Å². The molecular weight excluding hydrogens is 214 g/mol. The molecule has 1 aliphatic rings. The Morgan fingerprint density at radius 1 is 1.35 bits per heavy atom. The van der Waals surface area contributed by atoms with Crippen molar-refractivity contribution in [2.45, 2.75) is 13.5 Å². The minimum absolute atomic E-state index is 0.694. The first-order valence-electron chi connectivity index (χ1n) is 5.81.